The van der Waals surface area contributed by atoms with Gasteiger partial charge in [-0.2, -0.15) is 0 Å². The van der Waals surface area contributed by atoms with E-state index in [1.165, 1.54) is 0 Å². The van der Waals surface area contributed by atoms with Gasteiger partial charge in [-0.3, -0.25) is 0 Å². The highest BCUT2D eigenvalue weighted by Gasteiger charge is 2.26. The van der Waals surface area contributed by atoms with Crippen molar-refractivity contribution in [1.82, 2.24) is 0 Å². The minimum Gasteiger partial charge on any atom is -0.462 e. The number of benzene rings is 4. The van der Waals surface area contributed by atoms with Crippen LogP contribution in [0.15, 0.2) is 48.5 Å². The van der Waals surface area contributed by atoms with E-state index < -0.39 is 23.9 Å². The highest BCUT2D eigenvalue weighted by atomic mass is 16.5. The smallest absolute Gasteiger partial charge is 0.339 e. The Hall–Kier alpha value is -4.46. The summed E-state index contributed by atoms with van der Waals surface area (Å²) >= 11 is 0. The Morgan fingerprint density at radius 1 is 0.371 bits per heavy atom. The van der Waals surface area contributed by atoms with E-state index in [0.29, 0.717) is 46.4 Å². The summed E-state index contributed by atoms with van der Waals surface area (Å²) in [6.07, 6.45) is 16.0. The van der Waals surface area contributed by atoms with E-state index in [9.17, 15) is 19.2 Å². The minimum absolute atomic E-state index is 0.124. The number of ether oxygens (including phenoxy) is 4. The first-order chi connectivity index (χ1) is 30.1. The summed E-state index contributed by atoms with van der Waals surface area (Å²) in [5, 5.41) is 4.36. The second-order valence-electron chi connectivity index (χ2n) is 17.5. The predicted molar refractivity (Wildman–Crippen MR) is 253 cm³/mol. The lowest BCUT2D eigenvalue weighted by Crippen LogP contribution is -2.19. The van der Waals surface area contributed by atoms with Gasteiger partial charge in [0.25, 0.3) is 0 Å². The molecule has 0 aromatic heterocycles. The minimum atomic E-state index is -0.587. The van der Waals surface area contributed by atoms with Gasteiger partial charge in [-0.1, -0.05) is 145 Å². The van der Waals surface area contributed by atoms with Gasteiger partial charge in [0.2, 0.25) is 0 Å². The number of carbonyl (C=O) groups excluding carboxylic acids is 4. The highest BCUT2D eigenvalue weighted by Crippen LogP contribution is 2.38. The third-order valence-corrected chi connectivity index (χ3v) is 13.0. The molecule has 0 aliphatic heterocycles. The normalized spacial score (nSPS) is 13.5. The Kier molecular flexibility index (Phi) is 21.2. The van der Waals surface area contributed by atoms with Crippen LogP contribution in [0.25, 0.3) is 32.3 Å². The largest absolute Gasteiger partial charge is 0.462 e. The second kappa shape index (κ2) is 26.2. The molecule has 0 N–H and O–H groups in total. The average molecular weight is 853 g/mol. The Morgan fingerprint density at radius 3 is 0.952 bits per heavy atom. The fourth-order valence-corrected chi connectivity index (χ4v) is 8.33. The fourth-order valence-electron chi connectivity index (χ4n) is 8.33. The maximum atomic E-state index is 14.2. The molecule has 4 aromatic carbocycles. The molecule has 4 atom stereocenters. The summed E-state index contributed by atoms with van der Waals surface area (Å²) in [6, 6.07) is 14.4. The molecule has 0 bridgehead atoms. The number of hydrogen-bond acceptors (Lipinski definition) is 8. The second-order valence-corrected chi connectivity index (χ2v) is 17.5. The van der Waals surface area contributed by atoms with Gasteiger partial charge in [-0.25, -0.2) is 19.2 Å². The van der Waals surface area contributed by atoms with Crippen molar-refractivity contribution in [3.05, 3.63) is 70.8 Å². The van der Waals surface area contributed by atoms with Gasteiger partial charge >= 0.3 is 23.9 Å². The van der Waals surface area contributed by atoms with Crippen LogP contribution in [0.5, 0.6) is 0 Å². The van der Waals surface area contributed by atoms with Crippen molar-refractivity contribution in [2.45, 2.75) is 158 Å². The van der Waals surface area contributed by atoms with Crippen LogP contribution in [0.4, 0.5) is 0 Å². The summed E-state index contributed by atoms with van der Waals surface area (Å²) in [5.74, 6) is -1.01. The monoisotopic (exact) mass is 853 g/mol. The zero-order valence-electron chi connectivity index (χ0n) is 39.3. The van der Waals surface area contributed by atoms with Crippen LogP contribution in [-0.4, -0.2) is 50.3 Å². The SMILES string of the molecule is CCCC[C@@H](CC)COC(=O)c1ccc2c(c1)c1ccc(C(=O)OC[C@H](CC)CCCC)cc1c1cc(C(=O)OC[C@H](CC)CCCC)c(C(=O)OC[C@H](CC)CCCC)cc21. The van der Waals surface area contributed by atoms with E-state index in [2.05, 4.69) is 55.4 Å². The van der Waals surface area contributed by atoms with Gasteiger partial charge in [0.15, 0.2) is 0 Å². The molecule has 0 heterocycles. The highest BCUT2D eigenvalue weighted by molar-refractivity contribution is 6.28. The Bertz CT molecular complexity index is 2030. The van der Waals surface area contributed by atoms with E-state index in [1.54, 1.807) is 24.3 Å². The number of unbranched alkanes of at least 4 members (excludes halogenated alkanes) is 4. The standard InChI is InChI=1S/C54H76O8/c1-9-17-21-37(13-5)33-59-51(55)41-26-28-44-45(29-41)43-27-25-42(52(56)60-34-38(14-6)22-18-10-2)30-46(43)48-32-50(54(58)62-36-40(16-8)24-20-12-4)49(31-47(44)48)53(57)61-35-39(15-7)23-19-11-3/h25-32,37-40H,9-24,33-36H2,1-8H3/t37-,38-,39-,40-/m1/s1. The third kappa shape index (κ3) is 13.8. The molecule has 4 aromatic rings. The Labute approximate surface area is 372 Å². The van der Waals surface area contributed by atoms with E-state index in [4.69, 9.17) is 18.9 Å². The maximum absolute atomic E-state index is 14.2. The lowest BCUT2D eigenvalue weighted by molar-refractivity contribution is 0.0382. The summed E-state index contributed by atoms with van der Waals surface area (Å²) in [4.78, 5) is 55.8. The Morgan fingerprint density at radius 2 is 0.645 bits per heavy atom. The van der Waals surface area contributed by atoms with Gasteiger partial charge < -0.3 is 18.9 Å². The van der Waals surface area contributed by atoms with Crippen molar-refractivity contribution in [1.29, 1.82) is 0 Å². The quantitative estimate of drug-likeness (QED) is 0.0316. The fraction of sp³-hybridized carbons (Fsp3) is 0.593. The summed E-state index contributed by atoms with van der Waals surface area (Å²) in [6.45, 7) is 18.3. The van der Waals surface area contributed by atoms with Crippen molar-refractivity contribution >= 4 is 56.2 Å². The van der Waals surface area contributed by atoms with Crippen LogP contribution in [0.2, 0.25) is 0 Å². The molecule has 0 saturated carbocycles. The Balaban J connectivity index is 1.91. The van der Waals surface area contributed by atoms with Crippen molar-refractivity contribution in [3.63, 3.8) is 0 Å². The maximum Gasteiger partial charge on any atom is 0.339 e. The summed E-state index contributed by atoms with van der Waals surface area (Å²) in [5.41, 5.74) is 1.04. The molecule has 340 valence electrons. The molecule has 4 rings (SSSR count). The van der Waals surface area contributed by atoms with E-state index in [-0.39, 0.29) is 42.1 Å². The van der Waals surface area contributed by atoms with E-state index in [1.807, 2.05) is 24.3 Å². The van der Waals surface area contributed by atoms with Gasteiger partial charge in [-0.15, -0.1) is 0 Å². The van der Waals surface area contributed by atoms with Crippen LogP contribution in [-0.2, 0) is 18.9 Å². The molecule has 0 aliphatic carbocycles. The number of esters is 4. The number of rotatable bonds is 28. The van der Waals surface area contributed by atoms with Crippen LogP contribution < -0.4 is 0 Å². The van der Waals surface area contributed by atoms with Crippen LogP contribution in [0.3, 0.4) is 0 Å². The molecule has 0 amide bonds. The van der Waals surface area contributed by atoms with Gasteiger partial charge in [-0.05, 0) is 118 Å². The van der Waals surface area contributed by atoms with Crippen LogP contribution >= 0.6 is 0 Å². The molecule has 0 spiro atoms. The first-order valence-corrected chi connectivity index (χ1v) is 24.2. The molecule has 8 heteroatoms. The van der Waals surface area contributed by atoms with Gasteiger partial charge in [0.05, 0.1) is 48.7 Å². The molecule has 0 aliphatic rings. The van der Waals surface area contributed by atoms with Crippen molar-refractivity contribution in [2.75, 3.05) is 26.4 Å². The molecule has 0 unspecified atom stereocenters. The third-order valence-electron chi connectivity index (χ3n) is 13.0. The lowest BCUT2D eigenvalue weighted by atomic mass is 9.89. The zero-order valence-corrected chi connectivity index (χ0v) is 39.3. The number of hydrogen-bond donors (Lipinski definition) is 0. The van der Waals surface area contributed by atoms with Gasteiger partial charge in [0.1, 0.15) is 0 Å². The first-order valence-electron chi connectivity index (χ1n) is 24.2. The lowest BCUT2D eigenvalue weighted by Gasteiger charge is -2.19. The van der Waals surface area contributed by atoms with Crippen molar-refractivity contribution in [2.24, 2.45) is 23.7 Å². The van der Waals surface area contributed by atoms with Gasteiger partial charge in [0, 0.05) is 0 Å². The van der Waals surface area contributed by atoms with E-state index in [0.717, 1.165) is 119 Å². The van der Waals surface area contributed by atoms with E-state index >= 15 is 0 Å². The molecule has 0 fully saturated rings. The average Bonchev–Trinajstić information content (AvgIpc) is 3.30. The molecule has 8 nitrogen and oxygen atoms in total. The molecule has 0 saturated heterocycles. The van der Waals surface area contributed by atoms with Crippen molar-refractivity contribution < 1.29 is 38.1 Å². The summed E-state index contributed by atoms with van der Waals surface area (Å²) in [7, 11) is 0. The number of fused-ring (bicyclic) bond motifs is 6. The molecule has 0 radical (unpaired) electrons. The first kappa shape index (κ1) is 50.2. The molecular formula is C54H76O8. The molecule has 62 heavy (non-hydrogen) atoms. The molecular weight excluding hydrogens is 777 g/mol. The van der Waals surface area contributed by atoms with Crippen LogP contribution in [0.1, 0.15) is 200 Å². The van der Waals surface area contributed by atoms with Crippen molar-refractivity contribution in [3.8, 4) is 0 Å². The topological polar surface area (TPSA) is 105 Å². The van der Waals surface area contributed by atoms with Crippen LogP contribution in [0, 0.1) is 23.7 Å². The summed E-state index contributed by atoms with van der Waals surface area (Å²) < 4.78 is 23.8. The number of carbonyl (C=O) groups is 4. The predicted octanol–water partition coefficient (Wildman–Crippen LogP) is 14.6. The zero-order chi connectivity index (χ0) is 45.0.